The van der Waals surface area contributed by atoms with Gasteiger partial charge in [-0.25, -0.2) is 0 Å². The molecule has 158 valence electrons. The second kappa shape index (κ2) is 10.4. The van der Waals surface area contributed by atoms with E-state index < -0.39 is 6.10 Å². The summed E-state index contributed by atoms with van der Waals surface area (Å²) in [5, 5.41) is 3.13. The van der Waals surface area contributed by atoms with Crippen LogP contribution >= 0.6 is 0 Å². The van der Waals surface area contributed by atoms with Gasteiger partial charge in [0.25, 0.3) is 5.91 Å². The molecule has 1 fully saturated rings. The van der Waals surface area contributed by atoms with Gasteiger partial charge in [-0.05, 0) is 37.5 Å². The van der Waals surface area contributed by atoms with Crippen molar-refractivity contribution in [1.82, 2.24) is 10.2 Å². The molecule has 2 amide bonds. The van der Waals surface area contributed by atoms with Crippen LogP contribution in [0.15, 0.2) is 0 Å². The topological polar surface area (TPSA) is 67.9 Å². The van der Waals surface area contributed by atoms with Crippen molar-refractivity contribution in [2.45, 2.75) is 66.4 Å². The van der Waals surface area contributed by atoms with Crippen LogP contribution in [0, 0.1) is 16.7 Å². The normalized spacial score (nSPS) is 19.4. The van der Waals surface area contributed by atoms with E-state index in [9.17, 15) is 9.59 Å². The zero-order valence-corrected chi connectivity index (χ0v) is 18.4. The molecule has 1 N–H and O–H groups in total. The number of nitrogens with zero attached hydrogens (tertiary/aromatic N) is 1. The largest absolute Gasteiger partial charge is 0.384 e. The number of piperidine rings is 1. The third-order valence-corrected chi connectivity index (χ3v) is 5.44. The Morgan fingerprint density at radius 1 is 1.15 bits per heavy atom. The summed E-state index contributed by atoms with van der Waals surface area (Å²) in [6, 6.07) is 0. The predicted molar refractivity (Wildman–Crippen MR) is 107 cm³/mol. The van der Waals surface area contributed by atoms with Crippen LogP contribution in [0.2, 0.25) is 0 Å². The first-order valence-electron chi connectivity index (χ1n) is 10.1. The van der Waals surface area contributed by atoms with Crippen LogP contribution in [0.5, 0.6) is 0 Å². The van der Waals surface area contributed by atoms with E-state index in [2.05, 4.69) is 33.0 Å². The molecule has 0 aromatic carbocycles. The average molecular weight is 385 g/mol. The number of amides is 2. The lowest BCUT2D eigenvalue weighted by atomic mass is 9.78. The van der Waals surface area contributed by atoms with Gasteiger partial charge in [0.1, 0.15) is 6.10 Å². The zero-order valence-electron chi connectivity index (χ0n) is 18.4. The number of hydrogen-bond donors (Lipinski definition) is 1. The third-order valence-electron chi connectivity index (χ3n) is 5.44. The van der Waals surface area contributed by atoms with Gasteiger partial charge in [0.15, 0.2) is 0 Å². The maximum atomic E-state index is 12.4. The SMILES string of the molecule is COCC1(CNC(=O)CC(C)CC(C)(C)C)CCN(C(=O)C(C)OC)CC1. The second-order valence-corrected chi connectivity index (χ2v) is 9.49. The lowest BCUT2D eigenvalue weighted by Gasteiger charge is -2.42. The van der Waals surface area contributed by atoms with Gasteiger partial charge in [-0.2, -0.15) is 0 Å². The molecule has 0 saturated carbocycles. The molecule has 0 spiro atoms. The van der Waals surface area contributed by atoms with Gasteiger partial charge in [0, 0.05) is 45.7 Å². The Balaban J connectivity index is 2.54. The first-order valence-corrected chi connectivity index (χ1v) is 10.1. The number of methoxy groups -OCH3 is 2. The minimum absolute atomic E-state index is 0.0311. The summed E-state index contributed by atoms with van der Waals surface area (Å²) < 4.78 is 10.6. The van der Waals surface area contributed by atoms with Gasteiger partial charge < -0.3 is 19.7 Å². The summed E-state index contributed by atoms with van der Waals surface area (Å²) in [5.41, 5.74) is 0.125. The van der Waals surface area contributed by atoms with Crippen molar-refractivity contribution in [1.29, 1.82) is 0 Å². The molecule has 6 nitrogen and oxygen atoms in total. The van der Waals surface area contributed by atoms with E-state index in [1.807, 2.05) is 4.90 Å². The minimum Gasteiger partial charge on any atom is -0.384 e. The van der Waals surface area contributed by atoms with Crippen LogP contribution in [0.1, 0.15) is 60.3 Å². The highest BCUT2D eigenvalue weighted by molar-refractivity contribution is 5.80. The highest BCUT2D eigenvalue weighted by Crippen LogP contribution is 2.32. The summed E-state index contributed by atoms with van der Waals surface area (Å²) in [6.07, 6.45) is 2.81. The van der Waals surface area contributed by atoms with E-state index in [-0.39, 0.29) is 22.6 Å². The van der Waals surface area contributed by atoms with E-state index in [0.29, 0.717) is 38.6 Å². The van der Waals surface area contributed by atoms with Gasteiger partial charge >= 0.3 is 0 Å². The molecule has 1 saturated heterocycles. The van der Waals surface area contributed by atoms with Crippen molar-refractivity contribution < 1.29 is 19.1 Å². The molecular weight excluding hydrogens is 344 g/mol. The first kappa shape index (κ1) is 23.9. The van der Waals surface area contributed by atoms with Gasteiger partial charge in [0.2, 0.25) is 5.91 Å². The van der Waals surface area contributed by atoms with Crippen LogP contribution in [-0.2, 0) is 19.1 Å². The van der Waals surface area contributed by atoms with Crippen molar-refractivity contribution in [3.05, 3.63) is 0 Å². The van der Waals surface area contributed by atoms with Crippen molar-refractivity contribution in [3.63, 3.8) is 0 Å². The lowest BCUT2D eigenvalue weighted by molar-refractivity contribution is -0.144. The van der Waals surface area contributed by atoms with Crippen LogP contribution in [-0.4, -0.2) is 63.3 Å². The first-order chi connectivity index (χ1) is 12.5. The Morgan fingerprint density at radius 2 is 1.74 bits per heavy atom. The number of carbonyl (C=O) groups is 2. The summed E-state index contributed by atoms with van der Waals surface area (Å²) in [7, 11) is 3.25. The van der Waals surface area contributed by atoms with Gasteiger partial charge in [0.05, 0.1) is 6.61 Å². The third kappa shape index (κ3) is 8.18. The van der Waals surface area contributed by atoms with Crippen molar-refractivity contribution >= 4 is 11.8 Å². The molecule has 1 rings (SSSR count). The molecule has 2 atom stereocenters. The number of carbonyl (C=O) groups excluding carboxylic acids is 2. The minimum atomic E-state index is -0.413. The smallest absolute Gasteiger partial charge is 0.251 e. The standard InChI is InChI=1S/C21H40N2O4/c1-16(13-20(3,4)5)12-18(24)22-14-21(15-26-6)8-10-23(11-9-21)19(25)17(2)27-7/h16-17H,8-15H2,1-7H3,(H,22,24). The Bertz CT molecular complexity index is 479. The van der Waals surface area contributed by atoms with Crippen LogP contribution < -0.4 is 5.32 Å². The fraction of sp³-hybridized carbons (Fsp3) is 0.905. The van der Waals surface area contributed by atoms with Gasteiger partial charge in [-0.1, -0.05) is 27.7 Å². The summed E-state index contributed by atoms with van der Waals surface area (Å²) in [6.45, 7) is 13.1. The molecule has 1 heterocycles. The molecule has 0 aliphatic carbocycles. The maximum Gasteiger partial charge on any atom is 0.251 e. The van der Waals surface area contributed by atoms with Crippen LogP contribution in [0.3, 0.4) is 0 Å². The van der Waals surface area contributed by atoms with Crippen molar-refractivity contribution in [2.24, 2.45) is 16.7 Å². The maximum absolute atomic E-state index is 12.4. The number of ether oxygens (including phenoxy) is 2. The highest BCUT2D eigenvalue weighted by Gasteiger charge is 2.37. The summed E-state index contributed by atoms with van der Waals surface area (Å²) in [5.74, 6) is 0.496. The molecule has 27 heavy (non-hydrogen) atoms. The van der Waals surface area contributed by atoms with E-state index in [1.54, 1.807) is 21.1 Å². The van der Waals surface area contributed by atoms with Gasteiger partial charge in [-0.15, -0.1) is 0 Å². The van der Waals surface area contributed by atoms with E-state index in [4.69, 9.17) is 9.47 Å². The molecule has 1 aliphatic rings. The summed E-state index contributed by atoms with van der Waals surface area (Å²) in [4.78, 5) is 26.6. The lowest BCUT2D eigenvalue weighted by Crippen LogP contribution is -2.51. The van der Waals surface area contributed by atoms with E-state index in [1.165, 1.54) is 0 Å². The van der Waals surface area contributed by atoms with Crippen molar-refractivity contribution in [3.8, 4) is 0 Å². The van der Waals surface area contributed by atoms with E-state index in [0.717, 1.165) is 19.3 Å². The second-order valence-electron chi connectivity index (χ2n) is 9.49. The molecule has 0 bridgehead atoms. The number of nitrogens with one attached hydrogen (secondary N) is 1. The molecular formula is C21H40N2O4. The zero-order chi connectivity index (χ0) is 20.7. The van der Waals surface area contributed by atoms with Crippen LogP contribution in [0.4, 0.5) is 0 Å². The fourth-order valence-corrected chi connectivity index (χ4v) is 4.03. The summed E-state index contributed by atoms with van der Waals surface area (Å²) >= 11 is 0. The molecule has 0 radical (unpaired) electrons. The Kier molecular flexibility index (Phi) is 9.22. The number of likely N-dealkylation sites (tertiary alicyclic amines) is 1. The molecule has 6 heteroatoms. The number of hydrogen-bond acceptors (Lipinski definition) is 4. The quantitative estimate of drug-likeness (QED) is 0.664. The highest BCUT2D eigenvalue weighted by atomic mass is 16.5. The monoisotopic (exact) mass is 384 g/mol. The Hall–Kier alpha value is -1.14. The van der Waals surface area contributed by atoms with Gasteiger partial charge in [-0.3, -0.25) is 9.59 Å². The predicted octanol–water partition coefficient (Wildman–Crippen LogP) is 2.86. The number of rotatable bonds is 9. The Morgan fingerprint density at radius 3 is 2.22 bits per heavy atom. The Labute approximate surface area is 165 Å². The average Bonchev–Trinajstić information content (AvgIpc) is 2.58. The van der Waals surface area contributed by atoms with Crippen LogP contribution in [0.25, 0.3) is 0 Å². The molecule has 0 aromatic rings. The molecule has 1 aliphatic heterocycles. The van der Waals surface area contributed by atoms with Crippen molar-refractivity contribution in [2.75, 3.05) is 40.5 Å². The van der Waals surface area contributed by atoms with E-state index >= 15 is 0 Å². The molecule has 0 aromatic heterocycles. The molecule has 2 unspecified atom stereocenters. The fourth-order valence-electron chi connectivity index (χ4n) is 4.03.